The molecule has 1 aromatic carbocycles. The van der Waals surface area contributed by atoms with E-state index in [9.17, 15) is 4.79 Å². The summed E-state index contributed by atoms with van der Waals surface area (Å²) in [5.41, 5.74) is 6.67. The summed E-state index contributed by atoms with van der Waals surface area (Å²) in [6.07, 6.45) is 1.43. The summed E-state index contributed by atoms with van der Waals surface area (Å²) in [5, 5.41) is 4.81. The maximum atomic E-state index is 12.0. The van der Waals surface area contributed by atoms with E-state index in [2.05, 4.69) is 5.10 Å². The molecule has 2 rings (SSSR count). The Hall–Kier alpha value is -2.01. The van der Waals surface area contributed by atoms with Crippen molar-refractivity contribution < 1.29 is 9.53 Å². The summed E-state index contributed by atoms with van der Waals surface area (Å²) in [6.45, 7) is 5.88. The Balaban J connectivity index is 2.17. The number of rotatable bonds is 3. The molecule has 112 valence electrons. The number of anilines is 1. The number of aromatic nitrogens is 2. The van der Waals surface area contributed by atoms with Crippen LogP contribution in [0.5, 0.6) is 0 Å². The van der Waals surface area contributed by atoms with Crippen LogP contribution in [0.4, 0.5) is 5.82 Å². The van der Waals surface area contributed by atoms with Gasteiger partial charge in [-0.25, -0.2) is 9.48 Å². The Morgan fingerprint density at radius 1 is 1.33 bits per heavy atom. The third-order valence-corrected chi connectivity index (χ3v) is 3.00. The van der Waals surface area contributed by atoms with Crippen LogP contribution in [0, 0.1) is 0 Å². The fraction of sp³-hybridized carbons (Fsp3) is 0.333. The molecule has 0 fully saturated rings. The minimum atomic E-state index is -0.568. The number of carbonyl (C=O) groups is 1. The molecular weight excluding hydrogens is 290 g/mol. The summed E-state index contributed by atoms with van der Waals surface area (Å²) in [7, 11) is 0. The molecule has 0 bridgehead atoms. The van der Waals surface area contributed by atoms with E-state index in [1.54, 1.807) is 37.6 Å². The first-order valence-electron chi connectivity index (χ1n) is 6.55. The maximum absolute atomic E-state index is 12.0. The SMILES string of the molecule is CC(C)(C)OC(=O)c1cnn(Cc2ccc(Cl)cc2)c1N. The summed E-state index contributed by atoms with van der Waals surface area (Å²) >= 11 is 5.84. The zero-order valence-corrected chi connectivity index (χ0v) is 13.0. The van der Waals surface area contributed by atoms with Gasteiger partial charge < -0.3 is 10.5 Å². The lowest BCUT2D eigenvalue weighted by atomic mass is 10.2. The zero-order chi connectivity index (χ0) is 15.6. The number of hydrogen-bond acceptors (Lipinski definition) is 4. The minimum Gasteiger partial charge on any atom is -0.456 e. The number of carbonyl (C=O) groups excluding carboxylic acids is 1. The Bertz CT molecular complexity index is 642. The molecule has 0 amide bonds. The van der Waals surface area contributed by atoms with Gasteiger partial charge in [0, 0.05) is 5.02 Å². The molecule has 0 saturated carbocycles. The minimum absolute atomic E-state index is 0.277. The van der Waals surface area contributed by atoms with Crippen molar-refractivity contribution in [3.8, 4) is 0 Å². The lowest BCUT2D eigenvalue weighted by Crippen LogP contribution is -2.24. The predicted octanol–water partition coefficient (Wildman–Crippen LogP) is 3.12. The molecule has 21 heavy (non-hydrogen) atoms. The molecule has 0 aliphatic heterocycles. The van der Waals surface area contributed by atoms with E-state index in [-0.39, 0.29) is 5.56 Å². The fourth-order valence-corrected chi connectivity index (χ4v) is 1.90. The largest absolute Gasteiger partial charge is 0.456 e. The van der Waals surface area contributed by atoms with Gasteiger partial charge >= 0.3 is 5.97 Å². The highest BCUT2D eigenvalue weighted by atomic mass is 35.5. The molecule has 2 N–H and O–H groups in total. The first-order valence-corrected chi connectivity index (χ1v) is 6.93. The number of nitrogens with two attached hydrogens (primary N) is 1. The van der Waals surface area contributed by atoms with Gasteiger partial charge in [0.25, 0.3) is 0 Å². The van der Waals surface area contributed by atoms with Crippen molar-refractivity contribution in [3.63, 3.8) is 0 Å². The first kappa shape index (κ1) is 15.4. The lowest BCUT2D eigenvalue weighted by Gasteiger charge is -2.19. The van der Waals surface area contributed by atoms with Gasteiger partial charge in [-0.2, -0.15) is 5.10 Å². The van der Waals surface area contributed by atoms with Crippen LogP contribution in [0.25, 0.3) is 0 Å². The molecule has 0 aliphatic carbocycles. The Kier molecular flexibility index (Phi) is 4.23. The highest BCUT2D eigenvalue weighted by molar-refractivity contribution is 6.30. The van der Waals surface area contributed by atoms with Crippen molar-refractivity contribution in [1.29, 1.82) is 0 Å². The van der Waals surface area contributed by atoms with Gasteiger partial charge in [-0.05, 0) is 38.5 Å². The van der Waals surface area contributed by atoms with Gasteiger partial charge in [-0.15, -0.1) is 0 Å². The van der Waals surface area contributed by atoms with Crippen LogP contribution in [0.2, 0.25) is 5.02 Å². The fourth-order valence-electron chi connectivity index (χ4n) is 1.77. The molecule has 0 radical (unpaired) electrons. The zero-order valence-electron chi connectivity index (χ0n) is 12.3. The van der Waals surface area contributed by atoms with Gasteiger partial charge in [0.2, 0.25) is 0 Å². The number of nitrogens with zero attached hydrogens (tertiary/aromatic N) is 2. The molecule has 0 aliphatic rings. The van der Waals surface area contributed by atoms with E-state index in [0.717, 1.165) is 5.56 Å². The van der Waals surface area contributed by atoms with Crippen molar-refractivity contribution in [1.82, 2.24) is 9.78 Å². The average molecular weight is 308 g/mol. The third kappa shape index (κ3) is 3.98. The van der Waals surface area contributed by atoms with Crippen LogP contribution < -0.4 is 5.73 Å². The maximum Gasteiger partial charge on any atom is 0.344 e. The van der Waals surface area contributed by atoms with Gasteiger partial charge in [0.1, 0.15) is 17.0 Å². The number of nitrogen functional groups attached to an aromatic ring is 1. The van der Waals surface area contributed by atoms with Crippen LogP contribution in [0.15, 0.2) is 30.5 Å². The monoisotopic (exact) mass is 307 g/mol. The van der Waals surface area contributed by atoms with Crippen LogP contribution in [-0.4, -0.2) is 21.4 Å². The molecule has 6 heteroatoms. The molecular formula is C15H18ClN3O2. The van der Waals surface area contributed by atoms with Gasteiger partial charge in [-0.3, -0.25) is 0 Å². The standard InChI is InChI=1S/C15H18ClN3O2/c1-15(2,3)21-14(20)12-8-18-19(13(12)17)9-10-4-6-11(16)7-5-10/h4-8H,9,17H2,1-3H3. The molecule has 1 aromatic heterocycles. The van der Waals surface area contributed by atoms with E-state index < -0.39 is 11.6 Å². The third-order valence-electron chi connectivity index (χ3n) is 2.74. The van der Waals surface area contributed by atoms with Crippen LogP contribution in [0.1, 0.15) is 36.7 Å². The normalized spacial score (nSPS) is 11.4. The van der Waals surface area contributed by atoms with Gasteiger partial charge in [0.15, 0.2) is 0 Å². The van der Waals surface area contributed by atoms with E-state index in [1.165, 1.54) is 6.20 Å². The van der Waals surface area contributed by atoms with E-state index in [0.29, 0.717) is 17.4 Å². The van der Waals surface area contributed by atoms with E-state index >= 15 is 0 Å². The van der Waals surface area contributed by atoms with Gasteiger partial charge in [-0.1, -0.05) is 23.7 Å². The first-order chi connectivity index (χ1) is 9.76. The van der Waals surface area contributed by atoms with Crippen LogP contribution in [-0.2, 0) is 11.3 Å². The summed E-state index contributed by atoms with van der Waals surface area (Å²) in [6, 6.07) is 7.36. The summed E-state index contributed by atoms with van der Waals surface area (Å²) in [5.74, 6) is -0.179. The summed E-state index contributed by atoms with van der Waals surface area (Å²) < 4.78 is 6.85. The smallest absolute Gasteiger partial charge is 0.344 e. The highest BCUT2D eigenvalue weighted by Crippen LogP contribution is 2.18. The average Bonchev–Trinajstić information content (AvgIpc) is 2.72. The quantitative estimate of drug-likeness (QED) is 0.884. The number of esters is 1. The second kappa shape index (κ2) is 5.77. The number of ether oxygens (including phenoxy) is 1. The number of benzene rings is 1. The lowest BCUT2D eigenvalue weighted by molar-refractivity contribution is 0.00707. The Labute approximate surface area is 128 Å². The van der Waals surface area contributed by atoms with Crippen molar-refractivity contribution in [3.05, 3.63) is 46.6 Å². The Morgan fingerprint density at radius 3 is 2.52 bits per heavy atom. The molecule has 2 aromatic rings. The topological polar surface area (TPSA) is 70.1 Å². The van der Waals surface area contributed by atoms with Gasteiger partial charge in [0.05, 0.1) is 12.7 Å². The van der Waals surface area contributed by atoms with Crippen molar-refractivity contribution in [2.45, 2.75) is 32.9 Å². The second-order valence-corrected chi connectivity index (χ2v) is 6.17. The van der Waals surface area contributed by atoms with E-state index in [4.69, 9.17) is 22.1 Å². The molecule has 0 spiro atoms. The molecule has 0 atom stereocenters. The number of halogens is 1. The van der Waals surface area contributed by atoms with Crippen LogP contribution in [0.3, 0.4) is 0 Å². The molecule has 0 unspecified atom stereocenters. The summed E-state index contributed by atoms with van der Waals surface area (Å²) in [4.78, 5) is 12.0. The van der Waals surface area contributed by atoms with Crippen molar-refractivity contribution >= 4 is 23.4 Å². The van der Waals surface area contributed by atoms with E-state index in [1.807, 2.05) is 12.1 Å². The highest BCUT2D eigenvalue weighted by Gasteiger charge is 2.22. The number of hydrogen-bond donors (Lipinski definition) is 1. The molecule has 0 saturated heterocycles. The predicted molar refractivity (Wildman–Crippen MR) is 82.4 cm³/mol. The second-order valence-electron chi connectivity index (χ2n) is 5.73. The van der Waals surface area contributed by atoms with Crippen molar-refractivity contribution in [2.24, 2.45) is 0 Å². The van der Waals surface area contributed by atoms with Crippen molar-refractivity contribution in [2.75, 3.05) is 5.73 Å². The molecule has 1 heterocycles. The Morgan fingerprint density at radius 2 is 1.95 bits per heavy atom. The molecule has 5 nitrogen and oxygen atoms in total. The van der Waals surface area contributed by atoms with Crippen LogP contribution >= 0.6 is 11.6 Å².